The standard InChI is InChI=1S/C17H7F8NO/c18-11-10(12(19)14(21)15(22)13(11)20)16(27,17(23,24)25)8-5-7-3-1-2-4-9(7)26-6-8/h1-6,27H/t16-/m1/s1. The zero-order chi connectivity index (χ0) is 20.1. The fourth-order valence-electron chi connectivity index (χ4n) is 2.64. The molecule has 10 heteroatoms. The number of pyridine rings is 1. The van der Waals surface area contributed by atoms with Crippen LogP contribution in [0.2, 0.25) is 0 Å². The minimum atomic E-state index is -5.84. The lowest BCUT2D eigenvalue weighted by Gasteiger charge is -2.32. The van der Waals surface area contributed by atoms with E-state index in [1.165, 1.54) is 24.3 Å². The Morgan fingerprint density at radius 2 is 1.30 bits per heavy atom. The van der Waals surface area contributed by atoms with Gasteiger partial charge in [0.1, 0.15) is 0 Å². The third-order valence-electron chi connectivity index (χ3n) is 3.99. The zero-order valence-corrected chi connectivity index (χ0v) is 12.9. The molecule has 0 radical (unpaired) electrons. The van der Waals surface area contributed by atoms with Gasteiger partial charge in [0.15, 0.2) is 23.3 Å². The number of rotatable bonds is 2. The average molecular weight is 393 g/mol. The van der Waals surface area contributed by atoms with E-state index in [9.17, 15) is 40.2 Å². The quantitative estimate of drug-likeness (QED) is 0.388. The lowest BCUT2D eigenvalue weighted by atomic mass is 9.85. The van der Waals surface area contributed by atoms with Crippen LogP contribution in [-0.2, 0) is 5.60 Å². The molecule has 27 heavy (non-hydrogen) atoms. The van der Waals surface area contributed by atoms with Gasteiger partial charge in [-0.2, -0.15) is 13.2 Å². The normalized spacial score (nSPS) is 14.4. The molecule has 0 unspecified atom stereocenters. The first-order chi connectivity index (χ1) is 12.5. The van der Waals surface area contributed by atoms with Crippen LogP contribution in [0, 0.1) is 29.1 Å². The Morgan fingerprint density at radius 3 is 1.85 bits per heavy atom. The summed E-state index contributed by atoms with van der Waals surface area (Å²) in [6.45, 7) is 0. The summed E-state index contributed by atoms with van der Waals surface area (Å²) in [6.07, 6.45) is -5.39. The number of alkyl halides is 3. The van der Waals surface area contributed by atoms with Crippen LogP contribution in [0.25, 0.3) is 10.9 Å². The maximum absolute atomic E-state index is 14.0. The number of aliphatic hydroxyl groups is 1. The van der Waals surface area contributed by atoms with Crippen LogP contribution in [0.3, 0.4) is 0 Å². The molecule has 0 amide bonds. The van der Waals surface area contributed by atoms with Crippen molar-refractivity contribution in [1.29, 1.82) is 0 Å². The summed E-state index contributed by atoms with van der Waals surface area (Å²) in [6, 6.07) is 6.33. The van der Waals surface area contributed by atoms with Gasteiger partial charge < -0.3 is 5.11 Å². The molecule has 0 fully saturated rings. The first-order valence-corrected chi connectivity index (χ1v) is 7.16. The van der Waals surface area contributed by atoms with Crippen molar-refractivity contribution >= 4 is 10.9 Å². The molecule has 142 valence electrons. The fourth-order valence-corrected chi connectivity index (χ4v) is 2.64. The minimum Gasteiger partial charge on any atom is -0.372 e. The molecule has 0 bridgehead atoms. The third-order valence-corrected chi connectivity index (χ3v) is 3.99. The summed E-state index contributed by atoms with van der Waals surface area (Å²) in [7, 11) is 0. The third kappa shape index (κ3) is 2.71. The van der Waals surface area contributed by atoms with Crippen LogP contribution in [0.5, 0.6) is 0 Å². The number of hydrogen-bond donors (Lipinski definition) is 1. The Kier molecular flexibility index (Phi) is 4.34. The van der Waals surface area contributed by atoms with Crippen molar-refractivity contribution in [1.82, 2.24) is 4.98 Å². The molecule has 0 saturated carbocycles. The highest BCUT2D eigenvalue weighted by atomic mass is 19.4. The van der Waals surface area contributed by atoms with Crippen molar-refractivity contribution < 1.29 is 40.2 Å². The number of nitrogens with zero attached hydrogens (tertiary/aromatic N) is 1. The molecular weight excluding hydrogens is 386 g/mol. The van der Waals surface area contributed by atoms with Gasteiger partial charge in [-0.15, -0.1) is 0 Å². The molecule has 0 aliphatic carbocycles. The number of fused-ring (bicyclic) bond motifs is 1. The van der Waals surface area contributed by atoms with E-state index in [0.717, 1.165) is 0 Å². The van der Waals surface area contributed by atoms with E-state index in [1.807, 2.05) is 0 Å². The fraction of sp³-hybridized carbons (Fsp3) is 0.118. The molecular formula is C17H7F8NO. The summed E-state index contributed by atoms with van der Waals surface area (Å²) in [4.78, 5) is 3.64. The number of para-hydroxylation sites is 1. The molecule has 1 aromatic heterocycles. The van der Waals surface area contributed by atoms with Gasteiger partial charge in [0, 0.05) is 17.1 Å². The van der Waals surface area contributed by atoms with Gasteiger partial charge in [-0.1, -0.05) is 18.2 Å². The van der Waals surface area contributed by atoms with Gasteiger partial charge in [0.05, 0.1) is 11.1 Å². The maximum Gasteiger partial charge on any atom is 0.426 e. The van der Waals surface area contributed by atoms with Crippen molar-refractivity contribution in [3.8, 4) is 0 Å². The van der Waals surface area contributed by atoms with Crippen molar-refractivity contribution in [2.75, 3.05) is 0 Å². The van der Waals surface area contributed by atoms with E-state index >= 15 is 0 Å². The van der Waals surface area contributed by atoms with Crippen LogP contribution in [0.4, 0.5) is 35.1 Å². The second-order valence-corrected chi connectivity index (χ2v) is 5.57. The van der Waals surface area contributed by atoms with E-state index < -0.39 is 52.0 Å². The van der Waals surface area contributed by atoms with Gasteiger partial charge in [0.2, 0.25) is 11.4 Å². The first kappa shape index (κ1) is 19.0. The highest BCUT2D eigenvalue weighted by molar-refractivity contribution is 5.79. The van der Waals surface area contributed by atoms with Crippen molar-refractivity contribution in [2.45, 2.75) is 11.8 Å². The second-order valence-electron chi connectivity index (χ2n) is 5.57. The van der Waals surface area contributed by atoms with Crippen molar-refractivity contribution in [2.24, 2.45) is 0 Å². The highest BCUT2D eigenvalue weighted by Gasteiger charge is 2.60. The number of hydrogen-bond acceptors (Lipinski definition) is 2. The average Bonchev–Trinajstić information content (AvgIpc) is 2.63. The van der Waals surface area contributed by atoms with Gasteiger partial charge >= 0.3 is 6.18 Å². The van der Waals surface area contributed by atoms with E-state index in [1.54, 1.807) is 0 Å². The summed E-state index contributed by atoms with van der Waals surface area (Å²) in [5, 5.41) is 10.3. The molecule has 0 aliphatic rings. The molecule has 2 nitrogen and oxygen atoms in total. The number of halogens is 8. The predicted molar refractivity (Wildman–Crippen MR) is 77.0 cm³/mol. The molecule has 3 rings (SSSR count). The van der Waals surface area contributed by atoms with E-state index in [2.05, 4.69) is 4.98 Å². The van der Waals surface area contributed by atoms with E-state index in [0.29, 0.717) is 12.3 Å². The largest absolute Gasteiger partial charge is 0.426 e. The Hall–Kier alpha value is -2.75. The smallest absolute Gasteiger partial charge is 0.372 e. The zero-order valence-electron chi connectivity index (χ0n) is 12.9. The first-order valence-electron chi connectivity index (χ1n) is 7.16. The molecule has 3 aromatic rings. The molecule has 1 atom stereocenters. The van der Waals surface area contributed by atoms with Crippen LogP contribution in [-0.4, -0.2) is 16.3 Å². The molecule has 0 saturated heterocycles. The van der Waals surface area contributed by atoms with Gasteiger partial charge in [-0.25, -0.2) is 22.0 Å². The number of benzene rings is 2. The Balaban J connectivity index is 2.42. The number of aromatic nitrogens is 1. The molecule has 0 spiro atoms. The van der Waals surface area contributed by atoms with Gasteiger partial charge in [0.25, 0.3) is 0 Å². The minimum absolute atomic E-state index is 0.0431. The Labute approximate surface area is 145 Å². The Bertz CT molecular complexity index is 1020. The summed E-state index contributed by atoms with van der Waals surface area (Å²) >= 11 is 0. The lowest BCUT2D eigenvalue weighted by Crippen LogP contribution is -2.45. The van der Waals surface area contributed by atoms with Crippen LogP contribution in [0.15, 0.2) is 36.5 Å². The van der Waals surface area contributed by atoms with Crippen molar-refractivity contribution in [3.63, 3.8) is 0 Å². The SMILES string of the molecule is O[C@](c1cnc2ccccc2c1)(c1c(F)c(F)c(F)c(F)c1F)C(F)(F)F. The summed E-state index contributed by atoms with van der Waals surface area (Å²) in [5.74, 6) is -13.4. The van der Waals surface area contributed by atoms with E-state index in [-0.39, 0.29) is 10.9 Å². The van der Waals surface area contributed by atoms with Crippen molar-refractivity contribution in [3.05, 3.63) is 76.7 Å². The lowest BCUT2D eigenvalue weighted by molar-refractivity contribution is -0.250. The molecule has 1 heterocycles. The predicted octanol–water partition coefficient (Wildman–Crippen LogP) is 4.73. The molecule has 2 aromatic carbocycles. The second kappa shape index (κ2) is 6.15. The van der Waals surface area contributed by atoms with Crippen LogP contribution in [0.1, 0.15) is 11.1 Å². The van der Waals surface area contributed by atoms with Crippen LogP contribution >= 0.6 is 0 Å². The maximum atomic E-state index is 14.0. The monoisotopic (exact) mass is 393 g/mol. The highest BCUT2D eigenvalue weighted by Crippen LogP contribution is 2.47. The summed E-state index contributed by atoms with van der Waals surface area (Å²) < 4.78 is 109. The molecule has 1 N–H and O–H groups in total. The topological polar surface area (TPSA) is 33.1 Å². The van der Waals surface area contributed by atoms with Crippen LogP contribution < -0.4 is 0 Å². The van der Waals surface area contributed by atoms with Gasteiger partial charge in [-0.05, 0) is 12.1 Å². The molecule has 0 aliphatic heterocycles. The summed E-state index contributed by atoms with van der Waals surface area (Å²) in [5.41, 5.74) is -7.99. The van der Waals surface area contributed by atoms with Gasteiger partial charge in [-0.3, -0.25) is 4.98 Å². The Morgan fingerprint density at radius 1 is 0.778 bits per heavy atom. The van der Waals surface area contributed by atoms with E-state index in [4.69, 9.17) is 0 Å².